The van der Waals surface area contributed by atoms with Gasteiger partial charge in [0.25, 0.3) is 0 Å². The minimum Gasteiger partial charge on any atom is -0.497 e. The molecule has 1 heterocycles. The van der Waals surface area contributed by atoms with Crippen LogP contribution in [0.5, 0.6) is 5.75 Å². The van der Waals surface area contributed by atoms with Gasteiger partial charge in [-0.3, -0.25) is 4.90 Å². The van der Waals surface area contributed by atoms with Crippen molar-refractivity contribution in [1.82, 2.24) is 4.90 Å². The number of hydrogen-bond donors (Lipinski definition) is 0. The number of methoxy groups -OCH3 is 1. The van der Waals surface area contributed by atoms with Crippen LogP contribution in [0.3, 0.4) is 0 Å². The highest BCUT2D eigenvalue weighted by Crippen LogP contribution is 2.38. The lowest BCUT2D eigenvalue weighted by Crippen LogP contribution is -2.53. The summed E-state index contributed by atoms with van der Waals surface area (Å²) in [5.74, 6) is 0.896. The number of benzene rings is 1. The summed E-state index contributed by atoms with van der Waals surface area (Å²) in [6.45, 7) is 9.67. The predicted molar refractivity (Wildman–Crippen MR) is 82.2 cm³/mol. The largest absolute Gasteiger partial charge is 0.497 e. The van der Waals surface area contributed by atoms with Gasteiger partial charge >= 0.3 is 0 Å². The molecule has 0 spiro atoms. The van der Waals surface area contributed by atoms with Crippen molar-refractivity contribution in [3.8, 4) is 5.75 Å². The van der Waals surface area contributed by atoms with E-state index >= 15 is 0 Å². The van der Waals surface area contributed by atoms with Gasteiger partial charge in [0.15, 0.2) is 0 Å². The molecule has 1 fully saturated rings. The normalized spacial score (nSPS) is 26.8. The lowest BCUT2D eigenvalue weighted by molar-refractivity contribution is -0.126. The molecule has 2 rings (SSSR count). The number of ether oxygens (including phenoxy) is 2. The number of likely N-dealkylation sites (N-methyl/N-ethyl adjacent to an activating group) is 1. The summed E-state index contributed by atoms with van der Waals surface area (Å²) < 4.78 is 11.5. The Hall–Kier alpha value is -1.06. The van der Waals surface area contributed by atoms with Gasteiger partial charge in [0.2, 0.25) is 0 Å². The van der Waals surface area contributed by atoms with E-state index in [9.17, 15) is 0 Å². The summed E-state index contributed by atoms with van der Waals surface area (Å²) in [6.07, 6.45) is 2.34. The Labute approximate surface area is 122 Å². The Morgan fingerprint density at radius 3 is 2.45 bits per heavy atom. The van der Waals surface area contributed by atoms with Crippen LogP contribution in [0.1, 0.15) is 39.2 Å². The Balaban J connectivity index is 2.31. The summed E-state index contributed by atoms with van der Waals surface area (Å²) in [7, 11) is 1.70. The summed E-state index contributed by atoms with van der Waals surface area (Å²) in [4.78, 5) is 2.52. The van der Waals surface area contributed by atoms with E-state index < -0.39 is 0 Å². The molecule has 0 amide bonds. The fourth-order valence-corrected chi connectivity index (χ4v) is 3.33. The highest BCUT2D eigenvalue weighted by molar-refractivity contribution is 5.32. The van der Waals surface area contributed by atoms with Gasteiger partial charge in [0, 0.05) is 12.6 Å². The fourth-order valence-electron chi connectivity index (χ4n) is 3.33. The molecule has 0 N–H and O–H groups in total. The Bertz CT molecular complexity index is 414. The van der Waals surface area contributed by atoms with E-state index in [1.165, 1.54) is 12.0 Å². The Morgan fingerprint density at radius 2 is 1.90 bits per heavy atom. The third-order valence-corrected chi connectivity index (χ3v) is 4.58. The van der Waals surface area contributed by atoms with E-state index in [1.807, 2.05) is 12.1 Å². The van der Waals surface area contributed by atoms with E-state index in [0.717, 1.165) is 31.9 Å². The monoisotopic (exact) mass is 277 g/mol. The molecule has 3 nitrogen and oxygen atoms in total. The zero-order valence-corrected chi connectivity index (χ0v) is 13.2. The second kappa shape index (κ2) is 6.59. The molecule has 2 unspecified atom stereocenters. The first-order valence-corrected chi connectivity index (χ1v) is 7.68. The first-order chi connectivity index (χ1) is 9.65. The van der Waals surface area contributed by atoms with Gasteiger partial charge in [-0.1, -0.05) is 26.0 Å². The fraction of sp³-hybridized carbons (Fsp3) is 0.647. The van der Waals surface area contributed by atoms with Gasteiger partial charge in [-0.05, 0) is 50.6 Å². The third-order valence-electron chi connectivity index (χ3n) is 4.58. The quantitative estimate of drug-likeness (QED) is 0.823. The van der Waals surface area contributed by atoms with Crippen molar-refractivity contribution in [3.63, 3.8) is 0 Å². The third kappa shape index (κ3) is 2.84. The van der Waals surface area contributed by atoms with Crippen molar-refractivity contribution < 1.29 is 9.47 Å². The van der Waals surface area contributed by atoms with Crippen LogP contribution in [0.2, 0.25) is 0 Å². The summed E-state index contributed by atoms with van der Waals surface area (Å²) in [6, 6.07) is 8.77. The topological polar surface area (TPSA) is 21.7 Å². The molecule has 112 valence electrons. The first kappa shape index (κ1) is 15.3. The molecule has 0 bridgehead atoms. The molecule has 0 saturated carbocycles. The maximum atomic E-state index is 6.24. The molecule has 1 aliphatic rings. The molecule has 1 aromatic carbocycles. The average molecular weight is 277 g/mol. The smallest absolute Gasteiger partial charge is 0.118 e. The molecular weight excluding hydrogens is 250 g/mol. The SMILES string of the molecule is CCN(CC)C1CCCOC1(C)c1ccc(OC)cc1. The number of hydrogen-bond acceptors (Lipinski definition) is 3. The van der Waals surface area contributed by atoms with Gasteiger partial charge in [0.1, 0.15) is 11.4 Å². The van der Waals surface area contributed by atoms with Crippen LogP contribution in [0.15, 0.2) is 24.3 Å². The van der Waals surface area contributed by atoms with Crippen molar-refractivity contribution in [2.75, 3.05) is 26.8 Å². The molecule has 3 heteroatoms. The maximum absolute atomic E-state index is 6.24. The second-order valence-electron chi connectivity index (χ2n) is 5.56. The molecule has 20 heavy (non-hydrogen) atoms. The van der Waals surface area contributed by atoms with E-state index in [1.54, 1.807) is 7.11 Å². The van der Waals surface area contributed by atoms with Crippen molar-refractivity contribution >= 4 is 0 Å². The van der Waals surface area contributed by atoms with Crippen molar-refractivity contribution in [1.29, 1.82) is 0 Å². The molecule has 1 aromatic rings. The van der Waals surface area contributed by atoms with Crippen molar-refractivity contribution in [3.05, 3.63) is 29.8 Å². The van der Waals surface area contributed by atoms with Crippen molar-refractivity contribution in [2.45, 2.75) is 45.3 Å². The number of nitrogens with zero attached hydrogens (tertiary/aromatic N) is 1. The van der Waals surface area contributed by atoms with Crippen LogP contribution < -0.4 is 4.74 Å². The van der Waals surface area contributed by atoms with Crippen molar-refractivity contribution in [2.24, 2.45) is 0 Å². The first-order valence-electron chi connectivity index (χ1n) is 7.68. The standard InChI is InChI=1S/C17H27NO2/c1-5-18(6-2)16-8-7-13-20-17(16,3)14-9-11-15(19-4)12-10-14/h9-12,16H,5-8,13H2,1-4H3. The summed E-state index contributed by atoms with van der Waals surface area (Å²) in [5.41, 5.74) is 1.02. The molecule has 1 aliphatic heterocycles. The van der Waals surface area contributed by atoms with Crippen LogP contribution in [0.4, 0.5) is 0 Å². The molecule has 0 aliphatic carbocycles. The molecule has 0 radical (unpaired) electrons. The molecule has 0 aromatic heterocycles. The summed E-state index contributed by atoms with van der Waals surface area (Å²) in [5, 5.41) is 0. The van der Waals surface area contributed by atoms with E-state index in [0.29, 0.717) is 6.04 Å². The maximum Gasteiger partial charge on any atom is 0.118 e. The van der Waals surface area contributed by atoms with Gasteiger partial charge in [-0.25, -0.2) is 0 Å². The predicted octanol–water partition coefficient (Wildman–Crippen LogP) is 3.43. The average Bonchev–Trinajstić information content (AvgIpc) is 2.50. The second-order valence-corrected chi connectivity index (χ2v) is 5.56. The minimum atomic E-state index is -0.226. The highest BCUT2D eigenvalue weighted by atomic mass is 16.5. The molecular formula is C17H27NO2. The van der Waals surface area contributed by atoms with Crippen LogP contribution in [-0.4, -0.2) is 37.7 Å². The van der Waals surface area contributed by atoms with Crippen LogP contribution in [0, 0.1) is 0 Å². The van der Waals surface area contributed by atoms with E-state index in [4.69, 9.17) is 9.47 Å². The summed E-state index contributed by atoms with van der Waals surface area (Å²) >= 11 is 0. The Morgan fingerprint density at radius 1 is 1.25 bits per heavy atom. The number of rotatable bonds is 5. The van der Waals surface area contributed by atoms with E-state index in [2.05, 4.69) is 37.8 Å². The van der Waals surface area contributed by atoms with Gasteiger partial charge in [-0.2, -0.15) is 0 Å². The lowest BCUT2D eigenvalue weighted by atomic mass is 9.82. The van der Waals surface area contributed by atoms with Gasteiger partial charge in [0.05, 0.1) is 7.11 Å². The van der Waals surface area contributed by atoms with Crippen LogP contribution in [-0.2, 0) is 10.3 Å². The van der Waals surface area contributed by atoms with Crippen LogP contribution >= 0.6 is 0 Å². The Kier molecular flexibility index (Phi) is 5.06. The van der Waals surface area contributed by atoms with Gasteiger partial charge in [-0.15, -0.1) is 0 Å². The minimum absolute atomic E-state index is 0.226. The highest BCUT2D eigenvalue weighted by Gasteiger charge is 2.41. The van der Waals surface area contributed by atoms with Gasteiger partial charge < -0.3 is 9.47 Å². The molecule has 1 saturated heterocycles. The molecule has 2 atom stereocenters. The van der Waals surface area contributed by atoms with E-state index in [-0.39, 0.29) is 5.60 Å². The zero-order chi connectivity index (χ0) is 14.6. The lowest BCUT2D eigenvalue weighted by Gasteiger charge is -2.47. The zero-order valence-electron chi connectivity index (χ0n) is 13.2. The van der Waals surface area contributed by atoms with Crippen LogP contribution in [0.25, 0.3) is 0 Å².